The van der Waals surface area contributed by atoms with Gasteiger partial charge < -0.3 is 4.90 Å². The van der Waals surface area contributed by atoms with Gasteiger partial charge in [-0.1, -0.05) is 0 Å². The molecule has 2 aromatic rings. The average Bonchev–Trinajstić information content (AvgIpc) is 3.05. The van der Waals surface area contributed by atoms with Gasteiger partial charge in [0.1, 0.15) is 11.9 Å². The Kier molecular flexibility index (Phi) is 4.22. The van der Waals surface area contributed by atoms with E-state index >= 15 is 0 Å². The maximum atomic E-state index is 12.7. The fourth-order valence-electron chi connectivity index (χ4n) is 2.63. The fourth-order valence-corrected chi connectivity index (χ4v) is 3.59. The molecule has 3 rings (SSSR count). The zero-order chi connectivity index (χ0) is 16.4. The Labute approximate surface area is 135 Å². The minimum atomic E-state index is -4.39. The van der Waals surface area contributed by atoms with Crippen molar-refractivity contribution < 1.29 is 13.2 Å². The summed E-state index contributed by atoms with van der Waals surface area (Å²) in [7, 11) is 0. The molecule has 0 amide bonds. The van der Waals surface area contributed by atoms with Gasteiger partial charge in [0.25, 0.3) is 0 Å². The van der Waals surface area contributed by atoms with Crippen molar-refractivity contribution in [1.29, 1.82) is 5.26 Å². The van der Waals surface area contributed by atoms with Gasteiger partial charge in [0.15, 0.2) is 5.69 Å². The Morgan fingerprint density at radius 1 is 1.35 bits per heavy atom. The van der Waals surface area contributed by atoms with Gasteiger partial charge in [-0.3, -0.25) is 0 Å². The molecule has 0 aromatic carbocycles. The standard InChI is InChI=1S/C15H13F3N4S/c16-15(17,18)12-9-23-14(21-12)11-2-1-5-22(8-11)13-4-3-10(6-19)7-20-13/h3-4,7,9,11H,1-2,5,8H2/t11-/m0/s1. The van der Waals surface area contributed by atoms with Gasteiger partial charge in [-0.15, -0.1) is 11.3 Å². The van der Waals surface area contributed by atoms with Crippen molar-refractivity contribution in [3.05, 3.63) is 40.0 Å². The third-order valence-electron chi connectivity index (χ3n) is 3.78. The number of nitriles is 1. The molecule has 1 aliphatic rings. The number of hydrogen-bond acceptors (Lipinski definition) is 5. The quantitative estimate of drug-likeness (QED) is 0.835. The molecular weight excluding hydrogens is 325 g/mol. The molecule has 0 radical (unpaired) electrons. The van der Waals surface area contributed by atoms with Crippen LogP contribution >= 0.6 is 11.3 Å². The van der Waals surface area contributed by atoms with Crippen molar-refractivity contribution >= 4 is 17.2 Å². The van der Waals surface area contributed by atoms with E-state index in [9.17, 15) is 13.2 Å². The predicted octanol–water partition coefficient (Wildman–Crippen LogP) is 3.81. The van der Waals surface area contributed by atoms with Crippen LogP contribution in [0.1, 0.15) is 35.0 Å². The number of rotatable bonds is 2. The van der Waals surface area contributed by atoms with E-state index in [1.807, 2.05) is 11.0 Å². The zero-order valence-electron chi connectivity index (χ0n) is 12.0. The second kappa shape index (κ2) is 6.16. The van der Waals surface area contributed by atoms with E-state index in [0.29, 0.717) is 17.1 Å². The van der Waals surface area contributed by atoms with E-state index in [0.717, 1.165) is 41.9 Å². The lowest BCUT2D eigenvalue weighted by Gasteiger charge is -2.32. The van der Waals surface area contributed by atoms with Gasteiger partial charge in [0, 0.05) is 30.6 Å². The number of hydrogen-bond donors (Lipinski definition) is 0. The Morgan fingerprint density at radius 2 is 2.17 bits per heavy atom. The molecule has 0 N–H and O–H groups in total. The normalized spacial score (nSPS) is 18.7. The summed E-state index contributed by atoms with van der Waals surface area (Å²) in [6.07, 6.45) is -1.20. The highest BCUT2D eigenvalue weighted by Gasteiger charge is 2.35. The predicted molar refractivity (Wildman–Crippen MR) is 80.3 cm³/mol. The number of piperidine rings is 1. The van der Waals surface area contributed by atoms with Crippen molar-refractivity contribution in [2.24, 2.45) is 0 Å². The highest BCUT2D eigenvalue weighted by Crippen LogP contribution is 2.35. The second-order valence-corrected chi connectivity index (χ2v) is 6.26. The lowest BCUT2D eigenvalue weighted by atomic mass is 9.98. The third kappa shape index (κ3) is 3.45. The van der Waals surface area contributed by atoms with E-state index in [2.05, 4.69) is 9.97 Å². The van der Waals surface area contributed by atoms with Crippen LogP contribution in [0.3, 0.4) is 0 Å². The van der Waals surface area contributed by atoms with Gasteiger partial charge in [0.05, 0.1) is 10.6 Å². The lowest BCUT2D eigenvalue weighted by Crippen LogP contribution is -2.34. The molecule has 0 unspecified atom stereocenters. The van der Waals surface area contributed by atoms with Crippen LogP contribution in [0.4, 0.5) is 19.0 Å². The van der Waals surface area contributed by atoms with Gasteiger partial charge in [0.2, 0.25) is 0 Å². The summed E-state index contributed by atoms with van der Waals surface area (Å²) in [5.41, 5.74) is -0.330. The molecule has 120 valence electrons. The number of alkyl halides is 3. The largest absolute Gasteiger partial charge is 0.434 e. The maximum absolute atomic E-state index is 12.7. The van der Waals surface area contributed by atoms with Crippen LogP contribution in [0.2, 0.25) is 0 Å². The highest BCUT2D eigenvalue weighted by molar-refractivity contribution is 7.09. The Morgan fingerprint density at radius 3 is 2.78 bits per heavy atom. The molecule has 1 saturated heterocycles. The van der Waals surface area contributed by atoms with Crippen LogP contribution in [0, 0.1) is 11.3 Å². The summed E-state index contributed by atoms with van der Waals surface area (Å²) in [4.78, 5) is 10.0. The first kappa shape index (κ1) is 15.7. The minimum absolute atomic E-state index is 0.0257. The van der Waals surface area contributed by atoms with Crippen molar-refractivity contribution in [2.45, 2.75) is 24.9 Å². The number of pyridine rings is 1. The molecule has 4 nitrogen and oxygen atoms in total. The first-order chi connectivity index (χ1) is 11.0. The van der Waals surface area contributed by atoms with Crippen molar-refractivity contribution in [2.75, 3.05) is 18.0 Å². The SMILES string of the molecule is N#Cc1ccc(N2CCC[C@H](c3nc(C(F)(F)F)cs3)C2)nc1. The molecule has 0 bridgehead atoms. The lowest BCUT2D eigenvalue weighted by molar-refractivity contribution is -0.140. The fraction of sp³-hybridized carbons (Fsp3) is 0.400. The molecule has 3 heterocycles. The molecule has 23 heavy (non-hydrogen) atoms. The Hall–Kier alpha value is -2.14. The van der Waals surface area contributed by atoms with Crippen LogP contribution in [0.15, 0.2) is 23.7 Å². The Balaban J connectivity index is 1.75. The molecule has 0 saturated carbocycles. The first-order valence-corrected chi connectivity index (χ1v) is 7.99. The highest BCUT2D eigenvalue weighted by atomic mass is 32.1. The van der Waals surface area contributed by atoms with Crippen molar-refractivity contribution in [3.8, 4) is 6.07 Å². The van der Waals surface area contributed by atoms with E-state index < -0.39 is 11.9 Å². The minimum Gasteiger partial charge on any atom is -0.356 e. The molecule has 0 aliphatic carbocycles. The summed E-state index contributed by atoms with van der Waals surface area (Å²) in [5, 5.41) is 10.4. The molecule has 2 aromatic heterocycles. The van der Waals surface area contributed by atoms with Crippen LogP contribution < -0.4 is 4.90 Å². The van der Waals surface area contributed by atoms with Crippen molar-refractivity contribution in [1.82, 2.24) is 9.97 Å². The topological polar surface area (TPSA) is 52.8 Å². The van der Waals surface area contributed by atoms with Gasteiger partial charge >= 0.3 is 6.18 Å². The summed E-state index contributed by atoms with van der Waals surface area (Å²) < 4.78 is 38.0. The van der Waals surface area contributed by atoms with Crippen LogP contribution in [0.25, 0.3) is 0 Å². The van der Waals surface area contributed by atoms with E-state index in [1.165, 1.54) is 6.20 Å². The molecule has 8 heteroatoms. The number of halogens is 3. The third-order valence-corrected chi connectivity index (χ3v) is 4.79. The number of anilines is 1. The summed E-state index contributed by atoms with van der Waals surface area (Å²) in [6, 6.07) is 5.47. The summed E-state index contributed by atoms with van der Waals surface area (Å²) in [6.45, 7) is 1.39. The summed E-state index contributed by atoms with van der Waals surface area (Å²) in [5.74, 6) is 0.712. The number of aromatic nitrogens is 2. The van der Waals surface area contributed by atoms with Crippen LogP contribution in [-0.2, 0) is 6.18 Å². The zero-order valence-corrected chi connectivity index (χ0v) is 12.9. The molecular formula is C15H13F3N4S. The number of thiazole rings is 1. The second-order valence-electron chi connectivity index (χ2n) is 5.37. The summed E-state index contributed by atoms with van der Waals surface area (Å²) >= 11 is 1.06. The smallest absolute Gasteiger partial charge is 0.356 e. The van der Waals surface area contributed by atoms with Crippen LogP contribution in [0.5, 0.6) is 0 Å². The van der Waals surface area contributed by atoms with E-state index in [4.69, 9.17) is 5.26 Å². The van der Waals surface area contributed by atoms with Gasteiger partial charge in [-0.05, 0) is 25.0 Å². The average molecular weight is 338 g/mol. The molecule has 1 fully saturated rings. The van der Waals surface area contributed by atoms with Gasteiger partial charge in [-0.25, -0.2) is 9.97 Å². The number of nitrogens with zero attached hydrogens (tertiary/aromatic N) is 4. The van der Waals surface area contributed by atoms with Gasteiger partial charge in [-0.2, -0.15) is 18.4 Å². The molecule has 1 aliphatic heterocycles. The first-order valence-electron chi connectivity index (χ1n) is 7.11. The maximum Gasteiger partial charge on any atom is 0.434 e. The van der Waals surface area contributed by atoms with Crippen LogP contribution in [-0.4, -0.2) is 23.1 Å². The molecule has 0 spiro atoms. The Bertz CT molecular complexity index is 718. The van der Waals surface area contributed by atoms with E-state index in [-0.39, 0.29) is 5.92 Å². The van der Waals surface area contributed by atoms with E-state index in [1.54, 1.807) is 12.1 Å². The van der Waals surface area contributed by atoms with Crippen molar-refractivity contribution in [3.63, 3.8) is 0 Å². The molecule has 1 atom stereocenters. The monoisotopic (exact) mass is 338 g/mol.